The van der Waals surface area contributed by atoms with Gasteiger partial charge in [-0.2, -0.15) is 0 Å². The maximum atomic E-state index is 12.5. The number of ether oxygens (including phenoxy) is 1. The van der Waals surface area contributed by atoms with E-state index in [0.29, 0.717) is 16.7 Å². The summed E-state index contributed by atoms with van der Waals surface area (Å²) in [6, 6.07) is 20.1. The SMILES string of the molecule is CC(=O)Oc1ccc(C(=O)N[C@H](Cc2ccc(C(=O)c3ccccc3)cc2)C(=O)O)cc1. The van der Waals surface area contributed by atoms with Crippen LogP contribution in [0.4, 0.5) is 0 Å². The van der Waals surface area contributed by atoms with Gasteiger partial charge in [0, 0.05) is 30.0 Å². The van der Waals surface area contributed by atoms with Crippen molar-refractivity contribution >= 4 is 23.6 Å². The molecule has 7 heteroatoms. The molecule has 0 aliphatic rings. The zero-order valence-corrected chi connectivity index (χ0v) is 17.3. The molecule has 2 N–H and O–H groups in total. The lowest BCUT2D eigenvalue weighted by Crippen LogP contribution is -2.42. The number of amides is 1. The summed E-state index contributed by atoms with van der Waals surface area (Å²) < 4.78 is 4.91. The summed E-state index contributed by atoms with van der Waals surface area (Å²) in [7, 11) is 0. The van der Waals surface area contributed by atoms with E-state index in [4.69, 9.17) is 4.74 Å². The van der Waals surface area contributed by atoms with Gasteiger partial charge >= 0.3 is 11.9 Å². The van der Waals surface area contributed by atoms with Gasteiger partial charge in [0.05, 0.1) is 0 Å². The van der Waals surface area contributed by atoms with E-state index in [1.54, 1.807) is 48.5 Å². The number of aliphatic carboxylic acids is 1. The highest BCUT2D eigenvalue weighted by molar-refractivity contribution is 6.08. The van der Waals surface area contributed by atoms with Crippen molar-refractivity contribution in [2.45, 2.75) is 19.4 Å². The highest BCUT2D eigenvalue weighted by atomic mass is 16.5. The number of carboxylic acid groups (broad SMARTS) is 1. The Balaban J connectivity index is 1.66. The summed E-state index contributed by atoms with van der Waals surface area (Å²) in [6.45, 7) is 1.27. The number of benzene rings is 3. The molecular formula is C25H21NO6. The number of carbonyl (C=O) groups is 4. The van der Waals surface area contributed by atoms with Crippen molar-refractivity contribution in [2.24, 2.45) is 0 Å². The summed E-state index contributed by atoms with van der Waals surface area (Å²) in [5, 5.41) is 12.0. The number of hydrogen-bond acceptors (Lipinski definition) is 5. The van der Waals surface area contributed by atoms with Crippen LogP contribution in [0.25, 0.3) is 0 Å². The van der Waals surface area contributed by atoms with Gasteiger partial charge in [-0.3, -0.25) is 14.4 Å². The quantitative estimate of drug-likeness (QED) is 0.322. The molecule has 1 amide bonds. The maximum Gasteiger partial charge on any atom is 0.326 e. The van der Waals surface area contributed by atoms with Gasteiger partial charge in [0.2, 0.25) is 0 Å². The number of nitrogens with one attached hydrogen (secondary N) is 1. The van der Waals surface area contributed by atoms with Gasteiger partial charge in [-0.1, -0.05) is 54.6 Å². The minimum atomic E-state index is -1.18. The van der Waals surface area contributed by atoms with Crippen LogP contribution < -0.4 is 10.1 Å². The summed E-state index contributed by atoms with van der Waals surface area (Å²) >= 11 is 0. The zero-order valence-electron chi connectivity index (χ0n) is 17.3. The van der Waals surface area contributed by atoms with Crippen molar-refractivity contribution in [1.82, 2.24) is 5.32 Å². The first-order chi connectivity index (χ1) is 15.3. The van der Waals surface area contributed by atoms with Gasteiger partial charge in [-0.15, -0.1) is 0 Å². The Hall–Kier alpha value is -4.26. The number of carboxylic acids is 1. The average molecular weight is 431 g/mol. The van der Waals surface area contributed by atoms with E-state index in [0.717, 1.165) is 0 Å². The van der Waals surface area contributed by atoms with Crippen LogP contribution in [-0.2, 0) is 16.0 Å². The molecule has 0 heterocycles. The Bertz CT molecular complexity index is 1120. The predicted molar refractivity (Wildman–Crippen MR) is 117 cm³/mol. The summed E-state index contributed by atoms with van der Waals surface area (Å²) in [5.41, 5.74) is 1.95. The Morgan fingerprint density at radius 2 is 1.38 bits per heavy atom. The fraction of sp³-hybridized carbons (Fsp3) is 0.120. The van der Waals surface area contributed by atoms with Gasteiger partial charge in [-0.05, 0) is 29.8 Å². The minimum Gasteiger partial charge on any atom is -0.480 e. The van der Waals surface area contributed by atoms with Crippen LogP contribution in [0.1, 0.15) is 38.8 Å². The van der Waals surface area contributed by atoms with Crippen LogP contribution in [0.5, 0.6) is 5.75 Å². The van der Waals surface area contributed by atoms with E-state index < -0.39 is 23.9 Å². The molecule has 0 bridgehead atoms. The lowest BCUT2D eigenvalue weighted by atomic mass is 9.99. The highest BCUT2D eigenvalue weighted by Gasteiger charge is 2.21. The van der Waals surface area contributed by atoms with Gasteiger partial charge in [0.1, 0.15) is 11.8 Å². The molecule has 0 saturated heterocycles. The molecule has 0 spiro atoms. The summed E-state index contributed by atoms with van der Waals surface area (Å²) in [6.07, 6.45) is 0.0480. The first kappa shape index (κ1) is 22.4. The van der Waals surface area contributed by atoms with Gasteiger partial charge in [0.15, 0.2) is 5.78 Å². The number of esters is 1. The van der Waals surface area contributed by atoms with Gasteiger partial charge in [0.25, 0.3) is 5.91 Å². The Labute approximate surface area is 184 Å². The molecule has 3 aromatic rings. The summed E-state index contributed by atoms with van der Waals surface area (Å²) in [4.78, 5) is 47.6. The molecule has 0 fully saturated rings. The third-order valence-electron chi connectivity index (χ3n) is 4.67. The summed E-state index contributed by atoms with van der Waals surface area (Å²) in [5.74, 6) is -2.07. The average Bonchev–Trinajstić information content (AvgIpc) is 2.79. The molecule has 0 unspecified atom stereocenters. The molecule has 0 saturated carbocycles. The molecule has 0 aromatic heterocycles. The smallest absolute Gasteiger partial charge is 0.326 e. The van der Waals surface area contributed by atoms with E-state index in [1.165, 1.54) is 31.2 Å². The lowest BCUT2D eigenvalue weighted by molar-refractivity contribution is -0.139. The van der Waals surface area contributed by atoms with E-state index >= 15 is 0 Å². The molecule has 32 heavy (non-hydrogen) atoms. The third kappa shape index (κ3) is 5.89. The van der Waals surface area contributed by atoms with Crippen molar-refractivity contribution in [3.63, 3.8) is 0 Å². The first-order valence-electron chi connectivity index (χ1n) is 9.84. The van der Waals surface area contributed by atoms with Crippen LogP contribution in [0, 0.1) is 0 Å². The Kier molecular flexibility index (Phi) is 7.13. The van der Waals surface area contributed by atoms with Crippen LogP contribution in [0.2, 0.25) is 0 Å². The lowest BCUT2D eigenvalue weighted by Gasteiger charge is -2.15. The fourth-order valence-corrected chi connectivity index (χ4v) is 3.07. The number of ketones is 1. The van der Waals surface area contributed by atoms with E-state index in [-0.39, 0.29) is 23.5 Å². The minimum absolute atomic E-state index is 0.0480. The second-order valence-corrected chi connectivity index (χ2v) is 7.08. The molecule has 3 aromatic carbocycles. The van der Waals surface area contributed by atoms with Gasteiger partial charge < -0.3 is 15.2 Å². The third-order valence-corrected chi connectivity index (χ3v) is 4.67. The first-order valence-corrected chi connectivity index (χ1v) is 9.84. The predicted octanol–water partition coefficient (Wildman–Crippen LogP) is 3.27. The Morgan fingerprint density at radius 1 is 0.812 bits per heavy atom. The molecule has 1 atom stereocenters. The number of rotatable bonds is 8. The molecule has 162 valence electrons. The monoisotopic (exact) mass is 431 g/mol. The topological polar surface area (TPSA) is 110 Å². The van der Waals surface area contributed by atoms with E-state index in [1.807, 2.05) is 6.07 Å². The fourth-order valence-electron chi connectivity index (χ4n) is 3.07. The van der Waals surface area contributed by atoms with E-state index in [2.05, 4.69) is 5.32 Å². The molecular weight excluding hydrogens is 410 g/mol. The molecule has 0 aliphatic heterocycles. The zero-order chi connectivity index (χ0) is 23.1. The van der Waals surface area contributed by atoms with Crippen LogP contribution in [0.15, 0.2) is 78.9 Å². The van der Waals surface area contributed by atoms with Crippen LogP contribution in [0.3, 0.4) is 0 Å². The number of carbonyl (C=O) groups excluding carboxylic acids is 3. The standard InChI is InChI=1S/C25H21NO6/c1-16(27)32-21-13-11-20(12-14-21)24(29)26-22(25(30)31)15-17-7-9-19(10-8-17)23(28)18-5-3-2-4-6-18/h2-14,22H,15H2,1H3,(H,26,29)(H,30,31)/t22-/m1/s1. The van der Waals surface area contributed by atoms with Crippen molar-refractivity contribution in [1.29, 1.82) is 0 Å². The van der Waals surface area contributed by atoms with Crippen molar-refractivity contribution in [3.8, 4) is 5.75 Å². The van der Waals surface area contributed by atoms with Crippen molar-refractivity contribution in [3.05, 3.63) is 101 Å². The van der Waals surface area contributed by atoms with E-state index in [9.17, 15) is 24.3 Å². The van der Waals surface area contributed by atoms with Crippen LogP contribution in [-0.4, -0.2) is 34.8 Å². The molecule has 0 radical (unpaired) electrons. The second kappa shape index (κ2) is 10.2. The largest absolute Gasteiger partial charge is 0.480 e. The van der Waals surface area contributed by atoms with Crippen molar-refractivity contribution in [2.75, 3.05) is 0 Å². The van der Waals surface area contributed by atoms with Crippen LogP contribution >= 0.6 is 0 Å². The van der Waals surface area contributed by atoms with Gasteiger partial charge in [-0.25, -0.2) is 4.79 Å². The molecule has 3 rings (SSSR count). The normalized spacial score (nSPS) is 11.3. The molecule has 0 aliphatic carbocycles. The molecule has 7 nitrogen and oxygen atoms in total. The van der Waals surface area contributed by atoms with Crippen molar-refractivity contribution < 1.29 is 29.0 Å². The maximum absolute atomic E-state index is 12.5. The Morgan fingerprint density at radius 3 is 1.94 bits per heavy atom. The second-order valence-electron chi connectivity index (χ2n) is 7.08. The number of hydrogen-bond donors (Lipinski definition) is 2. The highest BCUT2D eigenvalue weighted by Crippen LogP contribution is 2.14.